The molecule has 1 fully saturated rings. The monoisotopic (exact) mass is 229 g/mol. The number of hydrogen-bond donors (Lipinski definition) is 1. The molecule has 0 aliphatic carbocycles. The van der Waals surface area contributed by atoms with Gasteiger partial charge >= 0.3 is 0 Å². The van der Waals surface area contributed by atoms with Crippen LogP contribution in [0.3, 0.4) is 0 Å². The van der Waals surface area contributed by atoms with Gasteiger partial charge < -0.3 is 20.3 Å². The molecule has 0 radical (unpaired) electrons. The molecule has 1 aliphatic heterocycles. The molecule has 0 spiro atoms. The van der Waals surface area contributed by atoms with Crippen LogP contribution in [0.15, 0.2) is 0 Å². The first-order valence-electron chi connectivity index (χ1n) is 6.29. The third-order valence-corrected chi connectivity index (χ3v) is 3.62. The highest BCUT2D eigenvalue weighted by Gasteiger charge is 2.22. The number of nitrogens with two attached hydrogens (primary N) is 1. The van der Waals surface area contributed by atoms with E-state index in [4.69, 9.17) is 10.5 Å². The Kier molecular flexibility index (Phi) is 6.28. The smallest absolute Gasteiger partial charge is 0.0705 e. The molecule has 2 unspecified atom stereocenters. The molecular weight excluding hydrogens is 202 g/mol. The van der Waals surface area contributed by atoms with Crippen LogP contribution < -0.4 is 5.73 Å². The van der Waals surface area contributed by atoms with Gasteiger partial charge in [0, 0.05) is 32.8 Å². The van der Waals surface area contributed by atoms with E-state index in [1.165, 1.54) is 19.4 Å². The lowest BCUT2D eigenvalue weighted by Crippen LogP contribution is -2.38. The van der Waals surface area contributed by atoms with Crippen LogP contribution >= 0.6 is 0 Å². The third kappa shape index (κ3) is 4.37. The van der Waals surface area contributed by atoms with Crippen LogP contribution in [0.1, 0.15) is 19.3 Å². The van der Waals surface area contributed by atoms with Crippen LogP contribution in [0.25, 0.3) is 0 Å². The molecule has 96 valence electrons. The van der Waals surface area contributed by atoms with Gasteiger partial charge in [0.05, 0.1) is 6.10 Å². The molecule has 0 aromatic heterocycles. The van der Waals surface area contributed by atoms with Crippen molar-refractivity contribution in [3.8, 4) is 0 Å². The molecular formula is C12H27N3O. The number of rotatable bonds is 7. The highest BCUT2D eigenvalue weighted by Crippen LogP contribution is 2.15. The number of likely N-dealkylation sites (tertiary alicyclic amines) is 1. The van der Waals surface area contributed by atoms with Gasteiger partial charge in [-0.25, -0.2) is 0 Å². The lowest BCUT2D eigenvalue weighted by atomic mass is 10.2. The first kappa shape index (κ1) is 13.9. The van der Waals surface area contributed by atoms with E-state index in [0.29, 0.717) is 6.54 Å². The maximum absolute atomic E-state index is 5.60. The van der Waals surface area contributed by atoms with E-state index in [1.54, 1.807) is 7.11 Å². The Morgan fingerprint density at radius 3 is 2.81 bits per heavy atom. The number of nitrogens with zero attached hydrogens (tertiary/aromatic N) is 2. The van der Waals surface area contributed by atoms with E-state index in [0.717, 1.165) is 25.6 Å². The average molecular weight is 229 g/mol. The van der Waals surface area contributed by atoms with Gasteiger partial charge in [0.25, 0.3) is 0 Å². The first-order valence-corrected chi connectivity index (χ1v) is 6.29. The van der Waals surface area contributed by atoms with Crippen molar-refractivity contribution in [2.45, 2.75) is 31.4 Å². The van der Waals surface area contributed by atoms with Crippen molar-refractivity contribution < 1.29 is 4.74 Å². The Morgan fingerprint density at radius 2 is 2.31 bits per heavy atom. The number of ether oxygens (including phenoxy) is 1. The molecule has 0 aromatic rings. The molecule has 1 heterocycles. The topological polar surface area (TPSA) is 41.7 Å². The summed E-state index contributed by atoms with van der Waals surface area (Å²) < 4.78 is 5.28. The van der Waals surface area contributed by atoms with Crippen LogP contribution in [-0.4, -0.2) is 69.3 Å². The van der Waals surface area contributed by atoms with E-state index in [1.807, 2.05) is 0 Å². The van der Waals surface area contributed by atoms with Gasteiger partial charge in [0.2, 0.25) is 0 Å². The van der Waals surface area contributed by atoms with Crippen LogP contribution in [0.2, 0.25) is 0 Å². The summed E-state index contributed by atoms with van der Waals surface area (Å²) in [7, 11) is 6.15. The molecule has 2 N–H and O–H groups in total. The molecule has 0 amide bonds. The minimum atomic E-state index is 0.212. The van der Waals surface area contributed by atoms with Crippen LogP contribution in [0, 0.1) is 0 Å². The molecule has 4 nitrogen and oxygen atoms in total. The van der Waals surface area contributed by atoms with Crippen molar-refractivity contribution in [2.24, 2.45) is 5.73 Å². The summed E-state index contributed by atoms with van der Waals surface area (Å²) in [6, 6.07) is 0.740. The fourth-order valence-electron chi connectivity index (χ4n) is 2.36. The molecule has 1 saturated heterocycles. The molecule has 4 heteroatoms. The maximum Gasteiger partial charge on any atom is 0.0705 e. The van der Waals surface area contributed by atoms with Gasteiger partial charge in [-0.05, 0) is 39.9 Å². The minimum absolute atomic E-state index is 0.212. The molecule has 16 heavy (non-hydrogen) atoms. The Bertz CT molecular complexity index is 185. The molecule has 1 aliphatic rings. The lowest BCUT2D eigenvalue weighted by molar-refractivity contribution is 0.0897. The molecule has 0 saturated carbocycles. The van der Waals surface area contributed by atoms with Gasteiger partial charge in [0.15, 0.2) is 0 Å². The van der Waals surface area contributed by atoms with E-state index >= 15 is 0 Å². The zero-order valence-corrected chi connectivity index (χ0v) is 11.0. The first-order chi connectivity index (χ1) is 7.67. The molecule has 2 atom stereocenters. The minimum Gasteiger partial charge on any atom is -0.380 e. The Labute approximate surface area is 99.7 Å². The van der Waals surface area contributed by atoms with Crippen molar-refractivity contribution in [2.75, 3.05) is 47.4 Å². The van der Waals surface area contributed by atoms with E-state index in [9.17, 15) is 0 Å². The van der Waals surface area contributed by atoms with E-state index in [-0.39, 0.29) is 6.10 Å². The van der Waals surface area contributed by atoms with E-state index < -0.39 is 0 Å². The van der Waals surface area contributed by atoms with Crippen molar-refractivity contribution >= 4 is 0 Å². The van der Waals surface area contributed by atoms with Gasteiger partial charge in [-0.1, -0.05) is 0 Å². The number of hydrogen-bond acceptors (Lipinski definition) is 4. The molecule has 1 rings (SSSR count). The summed E-state index contributed by atoms with van der Waals surface area (Å²) in [4.78, 5) is 4.86. The summed E-state index contributed by atoms with van der Waals surface area (Å²) >= 11 is 0. The molecule has 0 bridgehead atoms. The van der Waals surface area contributed by atoms with Crippen LogP contribution in [0.4, 0.5) is 0 Å². The standard InChI is InChI=1S/C12H27N3O/c1-14(8-6-12(9-13)16-3)10-11-5-4-7-15(11)2/h11-12H,4-10,13H2,1-3H3. The van der Waals surface area contributed by atoms with Crippen molar-refractivity contribution in [3.05, 3.63) is 0 Å². The largest absolute Gasteiger partial charge is 0.380 e. The van der Waals surface area contributed by atoms with Gasteiger partial charge in [-0.15, -0.1) is 0 Å². The summed E-state index contributed by atoms with van der Waals surface area (Å²) in [5, 5.41) is 0. The van der Waals surface area contributed by atoms with Gasteiger partial charge in [-0.2, -0.15) is 0 Å². The lowest BCUT2D eigenvalue weighted by Gasteiger charge is -2.26. The second-order valence-electron chi connectivity index (χ2n) is 4.92. The Balaban J connectivity index is 2.17. The van der Waals surface area contributed by atoms with Crippen LogP contribution in [0.5, 0.6) is 0 Å². The fraction of sp³-hybridized carbons (Fsp3) is 1.00. The quantitative estimate of drug-likeness (QED) is 0.685. The molecule has 0 aromatic carbocycles. The Hall–Kier alpha value is -0.160. The predicted molar refractivity (Wildman–Crippen MR) is 67.6 cm³/mol. The normalized spacial score (nSPS) is 24.2. The second-order valence-corrected chi connectivity index (χ2v) is 4.92. The predicted octanol–water partition coefficient (Wildman–Crippen LogP) is 0.376. The van der Waals surface area contributed by atoms with Gasteiger partial charge in [-0.3, -0.25) is 0 Å². The summed E-state index contributed by atoms with van der Waals surface area (Å²) in [6.45, 7) is 4.10. The zero-order chi connectivity index (χ0) is 12.0. The Morgan fingerprint density at radius 1 is 1.56 bits per heavy atom. The number of likely N-dealkylation sites (N-methyl/N-ethyl adjacent to an activating group) is 2. The second kappa shape index (κ2) is 7.22. The highest BCUT2D eigenvalue weighted by molar-refractivity contribution is 4.79. The van der Waals surface area contributed by atoms with Crippen LogP contribution in [-0.2, 0) is 4.74 Å². The summed E-state index contributed by atoms with van der Waals surface area (Å²) in [5.74, 6) is 0. The third-order valence-electron chi connectivity index (χ3n) is 3.62. The summed E-state index contributed by atoms with van der Waals surface area (Å²) in [6.07, 6.45) is 3.92. The fourth-order valence-corrected chi connectivity index (χ4v) is 2.36. The van der Waals surface area contributed by atoms with Crippen molar-refractivity contribution in [1.82, 2.24) is 9.80 Å². The number of methoxy groups -OCH3 is 1. The highest BCUT2D eigenvalue weighted by atomic mass is 16.5. The van der Waals surface area contributed by atoms with Gasteiger partial charge in [0.1, 0.15) is 0 Å². The SMILES string of the molecule is COC(CN)CCN(C)CC1CCCN1C. The average Bonchev–Trinajstić information content (AvgIpc) is 2.66. The van der Waals surface area contributed by atoms with E-state index in [2.05, 4.69) is 23.9 Å². The zero-order valence-electron chi connectivity index (χ0n) is 11.0. The van der Waals surface area contributed by atoms with Crippen molar-refractivity contribution in [3.63, 3.8) is 0 Å². The summed E-state index contributed by atoms with van der Waals surface area (Å²) in [5.41, 5.74) is 5.60. The maximum atomic E-state index is 5.60. The van der Waals surface area contributed by atoms with Crippen molar-refractivity contribution in [1.29, 1.82) is 0 Å².